The molecule has 6 heteroatoms. The molecule has 0 radical (unpaired) electrons. The maximum atomic E-state index is 12.6. The Balaban J connectivity index is 1.82. The van der Waals surface area contributed by atoms with E-state index in [4.69, 9.17) is 4.74 Å². The molecule has 1 unspecified atom stereocenters. The molecule has 150 valence electrons. The third-order valence-electron chi connectivity index (χ3n) is 4.96. The second-order valence-electron chi connectivity index (χ2n) is 6.91. The van der Waals surface area contributed by atoms with Crippen molar-refractivity contribution in [2.75, 3.05) is 0 Å². The first kappa shape index (κ1) is 20.5. The molecule has 0 bridgehead atoms. The summed E-state index contributed by atoms with van der Waals surface area (Å²) >= 11 is 0. The van der Waals surface area contributed by atoms with Gasteiger partial charge < -0.3 is 9.30 Å². The SMILES string of the molecule is CCc1ccc(C(=O)C(C)OC(=O)c2ccc3c(c2)nc(C)c(=O)n3CC)cc1. The molecule has 0 aliphatic heterocycles. The average Bonchev–Trinajstić information content (AvgIpc) is 2.73. The normalized spacial score (nSPS) is 12.0. The summed E-state index contributed by atoms with van der Waals surface area (Å²) in [5, 5.41) is 0. The highest BCUT2D eigenvalue weighted by molar-refractivity contribution is 6.02. The number of aromatic nitrogens is 2. The molecule has 0 amide bonds. The topological polar surface area (TPSA) is 78.3 Å². The van der Waals surface area contributed by atoms with Crippen molar-refractivity contribution in [2.24, 2.45) is 0 Å². The van der Waals surface area contributed by atoms with Gasteiger partial charge in [-0.15, -0.1) is 0 Å². The van der Waals surface area contributed by atoms with E-state index in [0.29, 0.717) is 28.8 Å². The van der Waals surface area contributed by atoms with Gasteiger partial charge in [0.15, 0.2) is 6.10 Å². The van der Waals surface area contributed by atoms with Crippen molar-refractivity contribution >= 4 is 22.8 Å². The first-order valence-corrected chi connectivity index (χ1v) is 9.71. The highest BCUT2D eigenvalue weighted by Gasteiger charge is 2.21. The molecule has 0 saturated heterocycles. The average molecular weight is 392 g/mol. The summed E-state index contributed by atoms with van der Waals surface area (Å²) in [5.74, 6) is -0.859. The summed E-state index contributed by atoms with van der Waals surface area (Å²) in [6.45, 7) is 7.63. The Hall–Kier alpha value is -3.28. The highest BCUT2D eigenvalue weighted by Crippen LogP contribution is 2.16. The van der Waals surface area contributed by atoms with Gasteiger partial charge in [0.2, 0.25) is 5.78 Å². The quantitative estimate of drug-likeness (QED) is 0.472. The van der Waals surface area contributed by atoms with Gasteiger partial charge in [-0.25, -0.2) is 9.78 Å². The second-order valence-corrected chi connectivity index (χ2v) is 6.91. The minimum absolute atomic E-state index is 0.149. The summed E-state index contributed by atoms with van der Waals surface area (Å²) in [5.41, 5.74) is 3.33. The van der Waals surface area contributed by atoms with Crippen LogP contribution in [0.2, 0.25) is 0 Å². The standard InChI is InChI=1S/C23H24N2O4/c1-5-16-7-9-17(10-8-16)21(26)15(4)29-23(28)18-11-12-20-19(13-18)24-14(3)22(27)25(20)6-2/h7-13,15H,5-6H2,1-4H3. The molecule has 0 fully saturated rings. The van der Waals surface area contributed by atoms with Crippen LogP contribution in [0, 0.1) is 6.92 Å². The lowest BCUT2D eigenvalue weighted by atomic mass is 10.0. The fraction of sp³-hybridized carbons (Fsp3) is 0.304. The molecule has 1 heterocycles. The van der Waals surface area contributed by atoms with E-state index in [0.717, 1.165) is 12.0 Å². The van der Waals surface area contributed by atoms with E-state index >= 15 is 0 Å². The molecule has 29 heavy (non-hydrogen) atoms. The molecule has 0 N–H and O–H groups in total. The molecule has 6 nitrogen and oxygen atoms in total. The van der Waals surface area contributed by atoms with Crippen LogP contribution in [0.5, 0.6) is 0 Å². The van der Waals surface area contributed by atoms with Crippen LogP contribution in [0.4, 0.5) is 0 Å². The Bertz CT molecular complexity index is 1130. The number of carbonyl (C=O) groups excluding carboxylic acids is 2. The Kier molecular flexibility index (Phi) is 5.92. The smallest absolute Gasteiger partial charge is 0.338 e. The molecule has 0 aliphatic rings. The lowest BCUT2D eigenvalue weighted by molar-refractivity contribution is 0.0319. The highest BCUT2D eigenvalue weighted by atomic mass is 16.5. The Morgan fingerprint density at radius 2 is 1.72 bits per heavy atom. The zero-order chi connectivity index (χ0) is 21.1. The van der Waals surface area contributed by atoms with Crippen LogP contribution < -0.4 is 5.56 Å². The number of hydrogen-bond donors (Lipinski definition) is 0. The minimum Gasteiger partial charge on any atom is -0.451 e. The molecule has 2 aromatic carbocycles. The predicted octanol–water partition coefficient (Wildman–Crippen LogP) is 3.72. The Labute approximate surface area is 169 Å². The third kappa shape index (κ3) is 4.11. The number of aryl methyl sites for hydroxylation is 3. The van der Waals surface area contributed by atoms with Crippen molar-refractivity contribution in [1.29, 1.82) is 0 Å². The van der Waals surface area contributed by atoms with Gasteiger partial charge in [-0.1, -0.05) is 31.2 Å². The zero-order valence-corrected chi connectivity index (χ0v) is 17.1. The number of ether oxygens (including phenoxy) is 1. The van der Waals surface area contributed by atoms with Gasteiger partial charge in [0.25, 0.3) is 5.56 Å². The monoisotopic (exact) mass is 392 g/mol. The summed E-state index contributed by atoms with van der Waals surface area (Å²) in [6.07, 6.45) is -0.0228. The van der Waals surface area contributed by atoms with Crippen LogP contribution in [0.25, 0.3) is 11.0 Å². The number of carbonyl (C=O) groups is 2. The largest absolute Gasteiger partial charge is 0.451 e. The summed E-state index contributed by atoms with van der Waals surface area (Å²) in [7, 11) is 0. The van der Waals surface area contributed by atoms with E-state index in [-0.39, 0.29) is 16.9 Å². The molecule has 0 spiro atoms. The molecule has 3 rings (SSSR count). The van der Waals surface area contributed by atoms with Gasteiger partial charge in [0.1, 0.15) is 5.69 Å². The van der Waals surface area contributed by atoms with Gasteiger partial charge in [-0.3, -0.25) is 9.59 Å². The fourth-order valence-corrected chi connectivity index (χ4v) is 3.24. The van der Waals surface area contributed by atoms with Gasteiger partial charge in [0.05, 0.1) is 16.6 Å². The van der Waals surface area contributed by atoms with Gasteiger partial charge in [-0.05, 0) is 51.0 Å². The van der Waals surface area contributed by atoms with Gasteiger partial charge in [-0.2, -0.15) is 0 Å². The Morgan fingerprint density at radius 3 is 2.34 bits per heavy atom. The minimum atomic E-state index is -0.912. The molecule has 1 atom stereocenters. The molecule has 0 saturated carbocycles. The first-order valence-electron chi connectivity index (χ1n) is 9.71. The van der Waals surface area contributed by atoms with Crippen LogP contribution in [0.3, 0.4) is 0 Å². The van der Waals surface area contributed by atoms with E-state index in [9.17, 15) is 14.4 Å². The van der Waals surface area contributed by atoms with E-state index in [1.807, 2.05) is 26.0 Å². The van der Waals surface area contributed by atoms with Crippen molar-refractivity contribution in [2.45, 2.75) is 46.8 Å². The lowest BCUT2D eigenvalue weighted by Crippen LogP contribution is -2.25. The van der Waals surface area contributed by atoms with Crippen LogP contribution >= 0.6 is 0 Å². The van der Waals surface area contributed by atoms with Gasteiger partial charge in [0, 0.05) is 12.1 Å². The van der Waals surface area contributed by atoms with Crippen molar-refractivity contribution in [3.05, 3.63) is 75.2 Å². The van der Waals surface area contributed by atoms with Gasteiger partial charge >= 0.3 is 5.97 Å². The maximum Gasteiger partial charge on any atom is 0.338 e. The second kappa shape index (κ2) is 8.39. The number of Topliss-reactive ketones (excluding diaryl/α,β-unsaturated/α-hetero) is 1. The number of ketones is 1. The van der Waals surface area contributed by atoms with Crippen molar-refractivity contribution in [1.82, 2.24) is 9.55 Å². The Morgan fingerprint density at radius 1 is 1.07 bits per heavy atom. The fourth-order valence-electron chi connectivity index (χ4n) is 3.24. The van der Waals surface area contributed by atoms with Crippen molar-refractivity contribution in [3.8, 4) is 0 Å². The van der Waals surface area contributed by atoms with Crippen molar-refractivity contribution in [3.63, 3.8) is 0 Å². The summed E-state index contributed by atoms with van der Waals surface area (Å²) < 4.78 is 6.99. The summed E-state index contributed by atoms with van der Waals surface area (Å²) in [4.78, 5) is 41.6. The van der Waals surface area contributed by atoms with E-state index in [1.165, 1.54) is 0 Å². The van der Waals surface area contributed by atoms with E-state index in [1.54, 1.807) is 48.7 Å². The van der Waals surface area contributed by atoms with Crippen LogP contribution in [-0.4, -0.2) is 27.4 Å². The van der Waals surface area contributed by atoms with Crippen molar-refractivity contribution < 1.29 is 14.3 Å². The molecular formula is C23H24N2O4. The number of hydrogen-bond acceptors (Lipinski definition) is 5. The number of nitrogens with zero attached hydrogens (tertiary/aromatic N) is 2. The number of benzene rings is 2. The summed E-state index contributed by atoms with van der Waals surface area (Å²) in [6, 6.07) is 12.1. The van der Waals surface area contributed by atoms with E-state index in [2.05, 4.69) is 4.98 Å². The number of esters is 1. The first-order chi connectivity index (χ1) is 13.8. The zero-order valence-electron chi connectivity index (χ0n) is 17.1. The molecule has 1 aromatic heterocycles. The molecular weight excluding hydrogens is 368 g/mol. The van der Waals surface area contributed by atoms with Crippen LogP contribution in [-0.2, 0) is 17.7 Å². The number of rotatable bonds is 6. The van der Waals surface area contributed by atoms with Crippen LogP contribution in [0.15, 0.2) is 47.3 Å². The maximum absolute atomic E-state index is 12.6. The van der Waals surface area contributed by atoms with E-state index < -0.39 is 12.1 Å². The molecule has 3 aromatic rings. The lowest BCUT2D eigenvalue weighted by Gasteiger charge is -2.14. The number of fused-ring (bicyclic) bond motifs is 1. The third-order valence-corrected chi connectivity index (χ3v) is 4.96. The predicted molar refractivity (Wildman–Crippen MR) is 111 cm³/mol. The molecule has 0 aliphatic carbocycles. The van der Waals surface area contributed by atoms with Crippen LogP contribution in [0.1, 0.15) is 52.7 Å².